The van der Waals surface area contributed by atoms with Crippen molar-refractivity contribution in [2.45, 2.75) is 39.5 Å². The third kappa shape index (κ3) is 4.34. The summed E-state index contributed by atoms with van der Waals surface area (Å²) in [5.41, 5.74) is 1.41. The summed E-state index contributed by atoms with van der Waals surface area (Å²) in [6.07, 6.45) is 2.40. The van der Waals surface area contributed by atoms with Gasteiger partial charge >= 0.3 is 0 Å². The summed E-state index contributed by atoms with van der Waals surface area (Å²) in [6, 6.07) is 8.52. The minimum Gasteiger partial charge on any atom is -0.497 e. The summed E-state index contributed by atoms with van der Waals surface area (Å²) < 4.78 is 5.22. The fourth-order valence-corrected chi connectivity index (χ4v) is 2.22. The fourth-order valence-electron chi connectivity index (χ4n) is 2.22. The molecule has 0 amide bonds. The molecule has 0 saturated carbocycles. The van der Waals surface area contributed by atoms with Gasteiger partial charge in [0.15, 0.2) is 0 Å². The van der Waals surface area contributed by atoms with Crippen LogP contribution in [0.4, 0.5) is 0 Å². The van der Waals surface area contributed by atoms with Gasteiger partial charge in [-0.25, -0.2) is 0 Å². The standard InChI is InChI=1S/C16H27NO/c1-5-11-17-12-16(13(3)6-2)14-7-9-15(18-4)10-8-14/h7-10,13,16-17H,5-6,11-12H2,1-4H3. The van der Waals surface area contributed by atoms with Crippen LogP contribution in [-0.4, -0.2) is 20.2 Å². The fraction of sp³-hybridized carbons (Fsp3) is 0.625. The first-order valence-electron chi connectivity index (χ1n) is 7.07. The number of benzene rings is 1. The van der Waals surface area contributed by atoms with Crippen LogP contribution in [0.1, 0.15) is 45.1 Å². The van der Waals surface area contributed by atoms with Crippen LogP contribution in [0.5, 0.6) is 5.75 Å². The van der Waals surface area contributed by atoms with Gasteiger partial charge in [-0.3, -0.25) is 0 Å². The molecule has 0 aliphatic carbocycles. The van der Waals surface area contributed by atoms with E-state index in [9.17, 15) is 0 Å². The van der Waals surface area contributed by atoms with Crippen molar-refractivity contribution in [2.24, 2.45) is 5.92 Å². The van der Waals surface area contributed by atoms with E-state index >= 15 is 0 Å². The molecule has 0 spiro atoms. The van der Waals surface area contributed by atoms with Gasteiger partial charge in [0, 0.05) is 6.54 Å². The van der Waals surface area contributed by atoms with Gasteiger partial charge in [-0.1, -0.05) is 39.3 Å². The highest BCUT2D eigenvalue weighted by Crippen LogP contribution is 2.27. The minimum atomic E-state index is 0.590. The van der Waals surface area contributed by atoms with E-state index in [1.54, 1.807) is 7.11 Å². The second-order valence-corrected chi connectivity index (χ2v) is 4.97. The molecule has 1 rings (SSSR count). The Balaban J connectivity index is 2.73. The highest BCUT2D eigenvalue weighted by molar-refractivity contribution is 5.30. The van der Waals surface area contributed by atoms with Crippen molar-refractivity contribution in [1.29, 1.82) is 0 Å². The molecule has 0 radical (unpaired) electrons. The summed E-state index contributed by atoms with van der Waals surface area (Å²) >= 11 is 0. The molecule has 0 aromatic heterocycles. The number of rotatable bonds is 8. The highest BCUT2D eigenvalue weighted by Gasteiger charge is 2.17. The molecule has 1 aromatic carbocycles. The van der Waals surface area contributed by atoms with Crippen molar-refractivity contribution >= 4 is 0 Å². The molecular weight excluding hydrogens is 222 g/mol. The molecule has 0 aliphatic rings. The number of methoxy groups -OCH3 is 1. The molecule has 2 unspecified atom stereocenters. The van der Waals surface area contributed by atoms with Crippen molar-refractivity contribution in [3.05, 3.63) is 29.8 Å². The molecule has 0 aliphatic heterocycles. The first kappa shape index (κ1) is 15.0. The molecule has 18 heavy (non-hydrogen) atoms. The topological polar surface area (TPSA) is 21.3 Å². The summed E-state index contributed by atoms with van der Waals surface area (Å²) in [5, 5.41) is 3.55. The van der Waals surface area contributed by atoms with E-state index in [1.807, 2.05) is 0 Å². The lowest BCUT2D eigenvalue weighted by Gasteiger charge is -2.24. The minimum absolute atomic E-state index is 0.590. The van der Waals surface area contributed by atoms with Gasteiger partial charge in [0.05, 0.1) is 7.11 Å². The summed E-state index contributed by atoms with van der Waals surface area (Å²) in [5.74, 6) is 2.22. The van der Waals surface area contributed by atoms with Crippen LogP contribution in [0, 0.1) is 5.92 Å². The van der Waals surface area contributed by atoms with Crippen LogP contribution in [0.3, 0.4) is 0 Å². The molecule has 102 valence electrons. The second-order valence-electron chi connectivity index (χ2n) is 4.97. The van der Waals surface area contributed by atoms with E-state index in [-0.39, 0.29) is 0 Å². The third-order valence-corrected chi connectivity index (χ3v) is 3.67. The molecule has 0 saturated heterocycles. The molecule has 0 fully saturated rings. The van der Waals surface area contributed by atoms with Crippen molar-refractivity contribution in [2.75, 3.05) is 20.2 Å². The van der Waals surface area contributed by atoms with Gasteiger partial charge < -0.3 is 10.1 Å². The predicted octanol–water partition coefficient (Wildman–Crippen LogP) is 3.82. The van der Waals surface area contributed by atoms with Crippen molar-refractivity contribution in [3.63, 3.8) is 0 Å². The molecule has 2 nitrogen and oxygen atoms in total. The van der Waals surface area contributed by atoms with E-state index < -0.39 is 0 Å². The SMILES string of the molecule is CCCNCC(c1ccc(OC)cc1)C(C)CC. The van der Waals surface area contributed by atoms with E-state index in [1.165, 1.54) is 18.4 Å². The summed E-state index contributed by atoms with van der Waals surface area (Å²) in [7, 11) is 1.71. The zero-order chi connectivity index (χ0) is 13.4. The number of ether oxygens (including phenoxy) is 1. The van der Waals surface area contributed by atoms with Gasteiger partial charge in [0.2, 0.25) is 0 Å². The monoisotopic (exact) mass is 249 g/mol. The number of hydrogen-bond donors (Lipinski definition) is 1. The Bertz CT molecular complexity index is 320. The van der Waals surface area contributed by atoms with E-state index in [4.69, 9.17) is 4.74 Å². The molecular formula is C16H27NO. The smallest absolute Gasteiger partial charge is 0.118 e. The van der Waals surface area contributed by atoms with Gasteiger partial charge in [-0.05, 0) is 42.5 Å². The molecule has 0 bridgehead atoms. The predicted molar refractivity (Wildman–Crippen MR) is 78.4 cm³/mol. The van der Waals surface area contributed by atoms with Crippen LogP contribution in [0.2, 0.25) is 0 Å². The van der Waals surface area contributed by atoms with Crippen molar-refractivity contribution < 1.29 is 4.74 Å². The van der Waals surface area contributed by atoms with Crippen LogP contribution in [-0.2, 0) is 0 Å². The van der Waals surface area contributed by atoms with Gasteiger partial charge in [-0.2, -0.15) is 0 Å². The molecule has 2 heteroatoms. The van der Waals surface area contributed by atoms with Gasteiger partial charge in [0.25, 0.3) is 0 Å². The lowest BCUT2D eigenvalue weighted by Crippen LogP contribution is -2.26. The molecule has 0 heterocycles. The Labute approximate surface area is 112 Å². The summed E-state index contributed by atoms with van der Waals surface area (Å²) in [4.78, 5) is 0. The van der Waals surface area contributed by atoms with E-state index in [0.29, 0.717) is 11.8 Å². The maximum atomic E-state index is 5.22. The first-order chi connectivity index (χ1) is 8.72. The van der Waals surface area contributed by atoms with Crippen LogP contribution in [0.15, 0.2) is 24.3 Å². The normalized spacial score (nSPS) is 14.2. The lowest BCUT2D eigenvalue weighted by molar-refractivity contribution is 0.410. The second kappa shape index (κ2) is 8.15. The van der Waals surface area contributed by atoms with Gasteiger partial charge in [-0.15, -0.1) is 0 Å². The van der Waals surface area contributed by atoms with E-state index in [0.717, 1.165) is 18.8 Å². The Kier molecular flexibility index (Phi) is 6.81. The van der Waals surface area contributed by atoms with Crippen LogP contribution >= 0.6 is 0 Å². The van der Waals surface area contributed by atoms with Crippen LogP contribution < -0.4 is 10.1 Å². The summed E-state index contributed by atoms with van der Waals surface area (Å²) in [6.45, 7) is 8.97. The average Bonchev–Trinajstić information content (AvgIpc) is 2.43. The molecule has 1 N–H and O–H groups in total. The number of hydrogen-bond acceptors (Lipinski definition) is 2. The Hall–Kier alpha value is -1.02. The Morgan fingerprint density at radius 2 is 1.83 bits per heavy atom. The maximum Gasteiger partial charge on any atom is 0.118 e. The van der Waals surface area contributed by atoms with Crippen molar-refractivity contribution in [3.8, 4) is 5.75 Å². The van der Waals surface area contributed by atoms with E-state index in [2.05, 4.69) is 50.4 Å². The third-order valence-electron chi connectivity index (χ3n) is 3.67. The number of nitrogens with one attached hydrogen (secondary N) is 1. The zero-order valence-corrected chi connectivity index (χ0v) is 12.2. The lowest BCUT2D eigenvalue weighted by atomic mass is 9.85. The quantitative estimate of drug-likeness (QED) is 0.707. The van der Waals surface area contributed by atoms with Gasteiger partial charge in [0.1, 0.15) is 5.75 Å². The zero-order valence-electron chi connectivity index (χ0n) is 12.2. The first-order valence-corrected chi connectivity index (χ1v) is 7.07. The Morgan fingerprint density at radius 1 is 1.17 bits per heavy atom. The largest absolute Gasteiger partial charge is 0.497 e. The van der Waals surface area contributed by atoms with Crippen molar-refractivity contribution in [1.82, 2.24) is 5.32 Å². The molecule has 1 aromatic rings. The average molecular weight is 249 g/mol. The Morgan fingerprint density at radius 3 is 2.33 bits per heavy atom. The van der Waals surface area contributed by atoms with Crippen LogP contribution in [0.25, 0.3) is 0 Å². The highest BCUT2D eigenvalue weighted by atomic mass is 16.5. The maximum absolute atomic E-state index is 5.22. The molecule has 2 atom stereocenters.